The Bertz CT molecular complexity index is 540. The fourth-order valence-electron chi connectivity index (χ4n) is 2.41. The van der Waals surface area contributed by atoms with E-state index in [2.05, 4.69) is 54.5 Å². The Labute approximate surface area is 132 Å². The molecule has 1 N–H and O–H groups in total. The number of hydrogen-bond donors (Lipinski definition) is 1. The maximum absolute atomic E-state index is 6.26. The molecule has 1 unspecified atom stereocenters. The van der Waals surface area contributed by atoms with E-state index in [-0.39, 0.29) is 0 Å². The van der Waals surface area contributed by atoms with Crippen molar-refractivity contribution >= 4 is 11.6 Å². The molecule has 0 aliphatic rings. The van der Waals surface area contributed by atoms with Gasteiger partial charge in [0, 0.05) is 24.9 Å². The number of nitrogens with one attached hydrogen (secondary N) is 1. The van der Waals surface area contributed by atoms with Crippen LogP contribution in [0.4, 0.5) is 0 Å². The van der Waals surface area contributed by atoms with Gasteiger partial charge in [-0.15, -0.1) is 0 Å². The van der Waals surface area contributed by atoms with Gasteiger partial charge < -0.3 is 5.32 Å². The van der Waals surface area contributed by atoms with Crippen molar-refractivity contribution in [2.45, 2.75) is 26.2 Å². The second-order valence-corrected chi connectivity index (χ2v) is 6.24. The summed E-state index contributed by atoms with van der Waals surface area (Å²) in [7, 11) is 0. The Kier molecular flexibility index (Phi) is 6.21. The maximum Gasteiger partial charge on any atom is 0.0621 e. The molecule has 0 saturated carbocycles. The SMILES string of the molecule is CC(C)CNCC(Cc1ccncc1Cl)c1ccccc1. The van der Waals surface area contributed by atoms with Crippen LogP contribution in [0, 0.1) is 5.92 Å². The first-order valence-electron chi connectivity index (χ1n) is 7.51. The zero-order valence-electron chi connectivity index (χ0n) is 12.7. The van der Waals surface area contributed by atoms with Crippen LogP contribution in [-0.2, 0) is 6.42 Å². The van der Waals surface area contributed by atoms with E-state index in [1.54, 1.807) is 6.20 Å². The number of pyridine rings is 1. The maximum atomic E-state index is 6.26. The molecule has 0 spiro atoms. The molecule has 0 fully saturated rings. The predicted molar refractivity (Wildman–Crippen MR) is 89.8 cm³/mol. The third-order valence-electron chi connectivity index (χ3n) is 3.54. The highest BCUT2D eigenvalue weighted by molar-refractivity contribution is 6.31. The largest absolute Gasteiger partial charge is 0.316 e. The fourth-order valence-corrected chi connectivity index (χ4v) is 2.61. The molecular formula is C18H23ClN2. The van der Waals surface area contributed by atoms with Crippen molar-refractivity contribution in [1.29, 1.82) is 0 Å². The van der Waals surface area contributed by atoms with Gasteiger partial charge in [0.15, 0.2) is 0 Å². The molecule has 2 aromatic rings. The van der Waals surface area contributed by atoms with E-state index >= 15 is 0 Å². The number of rotatable bonds is 7. The summed E-state index contributed by atoms with van der Waals surface area (Å²) >= 11 is 6.26. The molecule has 1 heterocycles. The number of nitrogens with zero attached hydrogens (tertiary/aromatic N) is 1. The molecule has 0 aliphatic carbocycles. The van der Waals surface area contributed by atoms with E-state index < -0.39 is 0 Å². The van der Waals surface area contributed by atoms with Gasteiger partial charge in [0.25, 0.3) is 0 Å². The Morgan fingerprint density at radius 1 is 1.10 bits per heavy atom. The number of hydrogen-bond acceptors (Lipinski definition) is 2. The monoisotopic (exact) mass is 302 g/mol. The van der Waals surface area contributed by atoms with Crippen molar-refractivity contribution in [3.63, 3.8) is 0 Å². The second kappa shape index (κ2) is 8.16. The summed E-state index contributed by atoms with van der Waals surface area (Å²) in [6.45, 7) is 6.45. The predicted octanol–water partition coefficient (Wildman–Crippen LogP) is 4.31. The van der Waals surface area contributed by atoms with Crippen LogP contribution in [0.2, 0.25) is 5.02 Å². The minimum Gasteiger partial charge on any atom is -0.316 e. The lowest BCUT2D eigenvalue weighted by molar-refractivity contribution is 0.514. The van der Waals surface area contributed by atoms with Crippen LogP contribution in [0.15, 0.2) is 48.8 Å². The van der Waals surface area contributed by atoms with Crippen LogP contribution in [0.25, 0.3) is 0 Å². The first kappa shape index (κ1) is 16.0. The summed E-state index contributed by atoms with van der Waals surface area (Å²) in [5, 5.41) is 4.32. The number of benzene rings is 1. The van der Waals surface area contributed by atoms with Gasteiger partial charge in [-0.2, -0.15) is 0 Å². The van der Waals surface area contributed by atoms with E-state index in [1.165, 1.54) is 5.56 Å². The van der Waals surface area contributed by atoms with Crippen LogP contribution in [0.3, 0.4) is 0 Å². The van der Waals surface area contributed by atoms with E-state index in [0.29, 0.717) is 11.8 Å². The van der Waals surface area contributed by atoms with E-state index in [9.17, 15) is 0 Å². The zero-order valence-corrected chi connectivity index (χ0v) is 13.5. The third kappa shape index (κ3) is 5.14. The Balaban J connectivity index is 2.10. The van der Waals surface area contributed by atoms with E-state index in [4.69, 9.17) is 11.6 Å². The van der Waals surface area contributed by atoms with Gasteiger partial charge in [-0.3, -0.25) is 4.98 Å². The van der Waals surface area contributed by atoms with Gasteiger partial charge >= 0.3 is 0 Å². The fraction of sp³-hybridized carbons (Fsp3) is 0.389. The lowest BCUT2D eigenvalue weighted by atomic mass is 9.92. The standard InChI is InChI=1S/C18H23ClN2/c1-14(2)11-21-12-17(15-6-4-3-5-7-15)10-16-8-9-20-13-18(16)19/h3-9,13-14,17,21H,10-12H2,1-2H3. The zero-order chi connectivity index (χ0) is 15.1. The van der Waals surface area contributed by atoms with E-state index in [0.717, 1.165) is 30.1 Å². The summed E-state index contributed by atoms with van der Waals surface area (Å²) in [5.74, 6) is 1.08. The minimum absolute atomic E-state index is 0.421. The molecule has 2 rings (SSSR count). The Morgan fingerprint density at radius 3 is 2.52 bits per heavy atom. The summed E-state index contributed by atoms with van der Waals surface area (Å²) in [6.07, 6.45) is 4.46. The van der Waals surface area contributed by atoms with Crippen molar-refractivity contribution in [3.8, 4) is 0 Å². The quantitative estimate of drug-likeness (QED) is 0.824. The topological polar surface area (TPSA) is 24.9 Å². The molecular weight excluding hydrogens is 280 g/mol. The van der Waals surface area contributed by atoms with Crippen molar-refractivity contribution < 1.29 is 0 Å². The third-order valence-corrected chi connectivity index (χ3v) is 3.88. The molecule has 21 heavy (non-hydrogen) atoms. The molecule has 1 aromatic carbocycles. The highest BCUT2D eigenvalue weighted by atomic mass is 35.5. The summed E-state index contributed by atoms with van der Waals surface area (Å²) in [4.78, 5) is 4.06. The molecule has 0 aliphatic heterocycles. The first-order valence-corrected chi connectivity index (χ1v) is 7.88. The van der Waals surface area contributed by atoms with Crippen molar-refractivity contribution in [2.24, 2.45) is 5.92 Å². The van der Waals surface area contributed by atoms with Crippen LogP contribution in [0.1, 0.15) is 30.9 Å². The van der Waals surface area contributed by atoms with Gasteiger partial charge in [-0.25, -0.2) is 0 Å². The highest BCUT2D eigenvalue weighted by Gasteiger charge is 2.14. The normalized spacial score (nSPS) is 12.6. The molecule has 112 valence electrons. The molecule has 2 nitrogen and oxygen atoms in total. The average molecular weight is 303 g/mol. The van der Waals surface area contributed by atoms with Crippen LogP contribution in [-0.4, -0.2) is 18.1 Å². The molecule has 1 aromatic heterocycles. The lowest BCUT2D eigenvalue weighted by Gasteiger charge is -2.19. The highest BCUT2D eigenvalue weighted by Crippen LogP contribution is 2.24. The van der Waals surface area contributed by atoms with Crippen molar-refractivity contribution in [3.05, 3.63) is 64.9 Å². The summed E-state index contributed by atoms with van der Waals surface area (Å²) in [5.41, 5.74) is 2.51. The molecule has 3 heteroatoms. The van der Waals surface area contributed by atoms with Crippen LogP contribution in [0.5, 0.6) is 0 Å². The van der Waals surface area contributed by atoms with Gasteiger partial charge in [-0.1, -0.05) is 55.8 Å². The smallest absolute Gasteiger partial charge is 0.0621 e. The Hall–Kier alpha value is -1.38. The first-order chi connectivity index (χ1) is 10.2. The molecule has 0 bridgehead atoms. The summed E-state index contributed by atoms with van der Waals surface area (Å²) < 4.78 is 0. The molecule has 0 saturated heterocycles. The van der Waals surface area contributed by atoms with E-state index in [1.807, 2.05) is 12.3 Å². The summed E-state index contributed by atoms with van der Waals surface area (Å²) in [6, 6.07) is 12.6. The van der Waals surface area contributed by atoms with Crippen LogP contribution < -0.4 is 5.32 Å². The van der Waals surface area contributed by atoms with Gasteiger partial charge in [-0.05, 0) is 36.1 Å². The Morgan fingerprint density at radius 2 is 1.86 bits per heavy atom. The second-order valence-electron chi connectivity index (χ2n) is 5.83. The van der Waals surface area contributed by atoms with Crippen molar-refractivity contribution in [1.82, 2.24) is 10.3 Å². The lowest BCUT2D eigenvalue weighted by Crippen LogP contribution is -2.26. The molecule has 1 atom stereocenters. The average Bonchev–Trinajstić information content (AvgIpc) is 2.49. The molecule has 0 amide bonds. The van der Waals surface area contributed by atoms with Gasteiger partial charge in [0.1, 0.15) is 0 Å². The minimum atomic E-state index is 0.421. The van der Waals surface area contributed by atoms with Crippen LogP contribution >= 0.6 is 11.6 Å². The van der Waals surface area contributed by atoms with Gasteiger partial charge in [0.2, 0.25) is 0 Å². The van der Waals surface area contributed by atoms with Gasteiger partial charge in [0.05, 0.1) is 5.02 Å². The number of halogens is 1. The molecule has 0 radical (unpaired) electrons. The number of aromatic nitrogens is 1. The van der Waals surface area contributed by atoms with Crippen molar-refractivity contribution in [2.75, 3.05) is 13.1 Å².